The first kappa shape index (κ1) is 15.3. The van der Waals surface area contributed by atoms with Crippen LogP contribution in [0.25, 0.3) is 11.0 Å². The van der Waals surface area contributed by atoms with Crippen molar-refractivity contribution in [2.75, 3.05) is 13.2 Å². The number of alkyl halides is 1. The lowest BCUT2D eigenvalue weighted by molar-refractivity contribution is 0.0970. The zero-order chi connectivity index (χ0) is 14.7. The maximum absolute atomic E-state index is 6.10. The Bertz CT molecular complexity index is 577. The highest BCUT2D eigenvalue weighted by Gasteiger charge is 2.21. The second kappa shape index (κ2) is 6.59. The van der Waals surface area contributed by atoms with Crippen molar-refractivity contribution >= 4 is 22.6 Å². The van der Waals surface area contributed by atoms with Crippen LogP contribution < -0.4 is 0 Å². The molecule has 1 heterocycles. The summed E-state index contributed by atoms with van der Waals surface area (Å²) in [7, 11) is 0. The molecule has 4 heteroatoms. The van der Waals surface area contributed by atoms with Crippen LogP contribution in [0.15, 0.2) is 18.2 Å². The van der Waals surface area contributed by atoms with E-state index in [0.717, 1.165) is 23.5 Å². The van der Waals surface area contributed by atoms with Gasteiger partial charge >= 0.3 is 0 Å². The topological polar surface area (TPSA) is 27.1 Å². The van der Waals surface area contributed by atoms with Gasteiger partial charge < -0.3 is 9.30 Å². The van der Waals surface area contributed by atoms with Crippen LogP contribution in [0.1, 0.15) is 38.2 Å². The number of rotatable bonds is 6. The van der Waals surface area contributed by atoms with Gasteiger partial charge in [-0.1, -0.05) is 19.9 Å². The number of hydrogen-bond donors (Lipinski definition) is 0. The molecule has 0 aliphatic heterocycles. The van der Waals surface area contributed by atoms with Gasteiger partial charge in [-0.25, -0.2) is 4.98 Å². The summed E-state index contributed by atoms with van der Waals surface area (Å²) < 4.78 is 7.93. The van der Waals surface area contributed by atoms with Crippen molar-refractivity contribution in [3.8, 4) is 0 Å². The molecule has 1 aromatic heterocycles. The summed E-state index contributed by atoms with van der Waals surface area (Å²) in [5.74, 6) is 1.80. The van der Waals surface area contributed by atoms with E-state index in [0.29, 0.717) is 18.4 Å². The molecule has 1 aromatic carbocycles. The van der Waals surface area contributed by atoms with E-state index in [1.54, 1.807) is 0 Å². The van der Waals surface area contributed by atoms with Gasteiger partial charge in [0.05, 0.1) is 29.6 Å². The third-order valence-corrected chi connectivity index (χ3v) is 3.87. The Morgan fingerprint density at radius 1 is 1.35 bits per heavy atom. The minimum Gasteiger partial charge on any atom is -0.380 e. The summed E-state index contributed by atoms with van der Waals surface area (Å²) in [6.45, 7) is 9.97. The van der Waals surface area contributed by atoms with E-state index in [2.05, 4.69) is 48.5 Å². The SMILES string of the molecule is CCOCC(C(C)C)n1c(CCl)nc2ccc(C)cc21. The maximum atomic E-state index is 6.10. The predicted molar refractivity (Wildman–Crippen MR) is 84.4 cm³/mol. The lowest BCUT2D eigenvalue weighted by Crippen LogP contribution is -2.22. The van der Waals surface area contributed by atoms with Crippen LogP contribution in [-0.2, 0) is 10.6 Å². The van der Waals surface area contributed by atoms with Crippen molar-refractivity contribution < 1.29 is 4.74 Å². The summed E-state index contributed by atoms with van der Waals surface area (Å²) in [5.41, 5.74) is 3.39. The van der Waals surface area contributed by atoms with Crippen LogP contribution in [0.4, 0.5) is 0 Å². The van der Waals surface area contributed by atoms with Crippen molar-refractivity contribution in [2.45, 2.75) is 39.6 Å². The molecule has 20 heavy (non-hydrogen) atoms. The molecule has 0 saturated carbocycles. The fraction of sp³-hybridized carbons (Fsp3) is 0.562. The summed E-state index contributed by atoms with van der Waals surface area (Å²) in [4.78, 5) is 4.66. The van der Waals surface area contributed by atoms with Gasteiger partial charge in [-0.3, -0.25) is 0 Å². The molecule has 2 aromatic rings. The lowest BCUT2D eigenvalue weighted by Gasteiger charge is -2.25. The molecule has 110 valence electrons. The number of ether oxygens (including phenoxy) is 1. The van der Waals surface area contributed by atoms with E-state index in [1.165, 1.54) is 5.56 Å². The second-order valence-electron chi connectivity index (χ2n) is 5.49. The highest BCUT2D eigenvalue weighted by Crippen LogP contribution is 2.28. The number of fused-ring (bicyclic) bond motifs is 1. The molecule has 0 fully saturated rings. The third kappa shape index (κ3) is 2.99. The van der Waals surface area contributed by atoms with Crippen LogP contribution in [0.2, 0.25) is 0 Å². The molecule has 0 aliphatic carbocycles. The van der Waals surface area contributed by atoms with Crippen molar-refractivity contribution in [3.05, 3.63) is 29.6 Å². The van der Waals surface area contributed by atoms with Crippen LogP contribution in [0.5, 0.6) is 0 Å². The molecule has 3 nitrogen and oxygen atoms in total. The van der Waals surface area contributed by atoms with Crippen molar-refractivity contribution in [1.82, 2.24) is 9.55 Å². The molecule has 2 rings (SSSR count). The number of hydrogen-bond acceptors (Lipinski definition) is 2. The smallest absolute Gasteiger partial charge is 0.125 e. The molecule has 1 atom stereocenters. The van der Waals surface area contributed by atoms with Crippen LogP contribution in [-0.4, -0.2) is 22.8 Å². The average Bonchev–Trinajstić information content (AvgIpc) is 2.77. The molecule has 0 bridgehead atoms. The van der Waals surface area contributed by atoms with Gasteiger partial charge in [0.1, 0.15) is 5.82 Å². The van der Waals surface area contributed by atoms with E-state index >= 15 is 0 Å². The van der Waals surface area contributed by atoms with Crippen molar-refractivity contribution in [3.63, 3.8) is 0 Å². The summed E-state index contributed by atoms with van der Waals surface area (Å²) >= 11 is 6.10. The lowest BCUT2D eigenvalue weighted by atomic mass is 10.0. The number of imidazole rings is 1. The van der Waals surface area contributed by atoms with E-state index in [9.17, 15) is 0 Å². The number of aromatic nitrogens is 2. The Hall–Kier alpha value is -1.06. The number of benzene rings is 1. The van der Waals surface area contributed by atoms with E-state index in [-0.39, 0.29) is 6.04 Å². The van der Waals surface area contributed by atoms with E-state index in [4.69, 9.17) is 16.3 Å². The van der Waals surface area contributed by atoms with E-state index in [1.807, 2.05) is 6.92 Å². The summed E-state index contributed by atoms with van der Waals surface area (Å²) in [6.07, 6.45) is 0. The van der Waals surface area contributed by atoms with Crippen molar-refractivity contribution in [1.29, 1.82) is 0 Å². The van der Waals surface area contributed by atoms with Gasteiger partial charge in [-0.2, -0.15) is 0 Å². The molecule has 0 amide bonds. The molecule has 0 radical (unpaired) electrons. The van der Waals surface area contributed by atoms with Crippen molar-refractivity contribution in [2.24, 2.45) is 5.92 Å². The number of aryl methyl sites for hydroxylation is 1. The van der Waals surface area contributed by atoms with E-state index < -0.39 is 0 Å². The normalized spacial score (nSPS) is 13.3. The minimum atomic E-state index is 0.260. The number of nitrogens with zero attached hydrogens (tertiary/aromatic N) is 2. The highest BCUT2D eigenvalue weighted by molar-refractivity contribution is 6.16. The first-order chi connectivity index (χ1) is 9.58. The zero-order valence-corrected chi connectivity index (χ0v) is 13.4. The highest BCUT2D eigenvalue weighted by atomic mass is 35.5. The Morgan fingerprint density at radius 2 is 2.10 bits per heavy atom. The van der Waals surface area contributed by atoms with Crippen LogP contribution >= 0.6 is 11.6 Å². The first-order valence-electron chi connectivity index (χ1n) is 7.19. The van der Waals surface area contributed by atoms with Gasteiger partial charge in [-0.15, -0.1) is 11.6 Å². The Morgan fingerprint density at radius 3 is 2.70 bits per heavy atom. The molecule has 1 unspecified atom stereocenters. The van der Waals surface area contributed by atoms with Gasteiger partial charge in [0.15, 0.2) is 0 Å². The molecular weight excluding hydrogens is 272 g/mol. The number of halogens is 1. The monoisotopic (exact) mass is 294 g/mol. The minimum absolute atomic E-state index is 0.260. The third-order valence-electron chi connectivity index (χ3n) is 3.63. The molecule has 0 aliphatic rings. The van der Waals surface area contributed by atoms with Crippen LogP contribution in [0.3, 0.4) is 0 Å². The van der Waals surface area contributed by atoms with Gasteiger partial charge in [-0.05, 0) is 37.5 Å². The Labute approximate surface area is 125 Å². The largest absolute Gasteiger partial charge is 0.380 e. The first-order valence-corrected chi connectivity index (χ1v) is 7.73. The fourth-order valence-electron chi connectivity index (χ4n) is 2.52. The van der Waals surface area contributed by atoms with Gasteiger partial charge in [0.25, 0.3) is 0 Å². The predicted octanol–water partition coefficient (Wildman–Crippen LogP) is 4.32. The summed E-state index contributed by atoms with van der Waals surface area (Å²) in [5, 5.41) is 0. The average molecular weight is 295 g/mol. The standard InChI is InChI=1S/C16H23ClN2O/c1-5-20-10-15(11(2)3)19-14-8-12(4)6-7-13(14)18-16(19)9-17/h6-8,11,15H,5,9-10H2,1-4H3. The fourth-order valence-corrected chi connectivity index (χ4v) is 2.71. The Kier molecular flexibility index (Phi) is 5.06. The molecular formula is C16H23ClN2O. The van der Waals surface area contributed by atoms with Gasteiger partial charge in [0, 0.05) is 6.61 Å². The summed E-state index contributed by atoms with van der Waals surface area (Å²) in [6, 6.07) is 6.59. The second-order valence-corrected chi connectivity index (χ2v) is 5.76. The maximum Gasteiger partial charge on any atom is 0.125 e. The zero-order valence-electron chi connectivity index (χ0n) is 12.7. The molecule has 0 spiro atoms. The van der Waals surface area contributed by atoms with Crippen LogP contribution in [0, 0.1) is 12.8 Å². The Balaban J connectivity index is 2.55. The molecule has 0 N–H and O–H groups in total. The quantitative estimate of drug-likeness (QED) is 0.742. The van der Waals surface area contributed by atoms with Gasteiger partial charge in [0.2, 0.25) is 0 Å². The molecule has 0 saturated heterocycles.